The van der Waals surface area contributed by atoms with E-state index >= 15 is 0 Å². The zero-order chi connectivity index (χ0) is 10.7. The molecule has 0 bridgehead atoms. The van der Waals surface area contributed by atoms with Crippen LogP contribution in [0.5, 0.6) is 0 Å². The van der Waals surface area contributed by atoms with Gasteiger partial charge in [-0.1, -0.05) is 0 Å². The van der Waals surface area contributed by atoms with Gasteiger partial charge >= 0.3 is 0 Å². The van der Waals surface area contributed by atoms with Crippen LogP contribution in [0.4, 0.5) is 0 Å². The lowest BCUT2D eigenvalue weighted by Crippen LogP contribution is -2.54. The minimum Gasteiger partial charge on any atom is -0.304 e. The quantitative estimate of drug-likeness (QED) is 0.705. The predicted molar refractivity (Wildman–Crippen MR) is 63.1 cm³/mol. The van der Waals surface area contributed by atoms with Crippen LogP contribution in [0.1, 0.15) is 12.8 Å². The average molecular weight is 231 g/mol. The van der Waals surface area contributed by atoms with E-state index in [4.69, 9.17) is 0 Å². The largest absolute Gasteiger partial charge is 0.304 e. The maximum atomic E-state index is 11.2. The zero-order valence-electron chi connectivity index (χ0n) is 9.45. The Hall–Kier alpha value is 0.0300. The van der Waals surface area contributed by atoms with Crippen LogP contribution < -0.4 is 5.43 Å². The van der Waals surface area contributed by atoms with E-state index in [2.05, 4.69) is 22.4 Å². The Balaban J connectivity index is 1.70. The Bertz CT molecular complexity index is 219. The standard InChI is InChI=1S/C10H21N3OS/c1-12-4-6-13(7-5-12)11-10-2-8-15(14)9-3-10/h10-11H,2-9H2,1H3. The van der Waals surface area contributed by atoms with Gasteiger partial charge in [0.15, 0.2) is 0 Å². The molecule has 0 aromatic heterocycles. The van der Waals surface area contributed by atoms with Crippen molar-refractivity contribution in [3.8, 4) is 0 Å². The lowest BCUT2D eigenvalue weighted by atomic mass is 10.2. The van der Waals surface area contributed by atoms with Gasteiger partial charge in [0.2, 0.25) is 0 Å². The van der Waals surface area contributed by atoms with Gasteiger partial charge in [-0.3, -0.25) is 9.63 Å². The highest BCUT2D eigenvalue weighted by Crippen LogP contribution is 2.10. The fourth-order valence-corrected chi connectivity index (χ4v) is 3.42. The van der Waals surface area contributed by atoms with E-state index in [1.165, 1.54) is 0 Å². The van der Waals surface area contributed by atoms with E-state index in [1.807, 2.05) is 0 Å². The number of hydrogen-bond acceptors (Lipinski definition) is 4. The number of rotatable bonds is 2. The predicted octanol–water partition coefficient (Wildman–Crippen LogP) is -0.350. The Labute approximate surface area is 94.4 Å². The van der Waals surface area contributed by atoms with Crippen molar-refractivity contribution in [2.24, 2.45) is 0 Å². The molecule has 2 saturated heterocycles. The highest BCUT2D eigenvalue weighted by Gasteiger charge is 2.21. The van der Waals surface area contributed by atoms with Gasteiger partial charge in [-0.15, -0.1) is 0 Å². The van der Waals surface area contributed by atoms with Crippen molar-refractivity contribution >= 4 is 10.8 Å². The molecule has 1 N–H and O–H groups in total. The summed E-state index contributed by atoms with van der Waals surface area (Å²) >= 11 is 0. The van der Waals surface area contributed by atoms with Gasteiger partial charge in [-0.2, -0.15) is 0 Å². The second-order valence-corrected chi connectivity index (χ2v) is 6.24. The summed E-state index contributed by atoms with van der Waals surface area (Å²) in [7, 11) is 1.63. The topological polar surface area (TPSA) is 35.6 Å². The Morgan fingerprint density at radius 3 is 2.33 bits per heavy atom. The highest BCUT2D eigenvalue weighted by atomic mass is 32.2. The molecule has 0 unspecified atom stereocenters. The first-order valence-electron chi connectivity index (χ1n) is 5.78. The second kappa shape index (κ2) is 5.39. The smallest absolute Gasteiger partial charge is 0.0259 e. The molecule has 2 aliphatic heterocycles. The number of hydrazine groups is 1. The number of nitrogens with one attached hydrogen (secondary N) is 1. The lowest BCUT2D eigenvalue weighted by molar-refractivity contribution is 0.0847. The molecule has 0 spiro atoms. The van der Waals surface area contributed by atoms with Crippen LogP contribution in [-0.2, 0) is 10.8 Å². The van der Waals surface area contributed by atoms with Gasteiger partial charge in [-0.05, 0) is 19.9 Å². The third-order valence-electron chi connectivity index (χ3n) is 3.26. The molecule has 5 heteroatoms. The van der Waals surface area contributed by atoms with Crippen LogP contribution in [0, 0.1) is 0 Å². The molecule has 2 heterocycles. The molecule has 4 nitrogen and oxygen atoms in total. The highest BCUT2D eigenvalue weighted by molar-refractivity contribution is 7.85. The van der Waals surface area contributed by atoms with Crippen molar-refractivity contribution in [3.05, 3.63) is 0 Å². The van der Waals surface area contributed by atoms with Crippen LogP contribution in [0.15, 0.2) is 0 Å². The van der Waals surface area contributed by atoms with Crippen LogP contribution in [-0.4, -0.2) is 64.9 Å². The maximum Gasteiger partial charge on any atom is 0.0259 e. The minimum absolute atomic E-state index is 0.540. The van der Waals surface area contributed by atoms with Crippen LogP contribution in [0.2, 0.25) is 0 Å². The van der Waals surface area contributed by atoms with E-state index in [-0.39, 0.29) is 0 Å². The van der Waals surface area contributed by atoms with Gasteiger partial charge in [0.25, 0.3) is 0 Å². The molecular weight excluding hydrogens is 210 g/mol. The third-order valence-corrected chi connectivity index (χ3v) is 4.64. The van der Waals surface area contributed by atoms with Gasteiger partial charge < -0.3 is 4.90 Å². The monoisotopic (exact) mass is 231 g/mol. The minimum atomic E-state index is -0.540. The summed E-state index contributed by atoms with van der Waals surface area (Å²) in [6.45, 7) is 4.50. The molecule has 2 rings (SSSR count). The average Bonchev–Trinajstić information content (AvgIpc) is 2.25. The van der Waals surface area contributed by atoms with Gasteiger partial charge in [0.05, 0.1) is 0 Å². The summed E-state index contributed by atoms with van der Waals surface area (Å²) in [5.74, 6) is 1.76. The first-order chi connectivity index (χ1) is 7.24. The summed E-state index contributed by atoms with van der Waals surface area (Å²) in [5, 5.41) is 2.33. The van der Waals surface area contributed by atoms with Crippen molar-refractivity contribution in [2.75, 3.05) is 44.7 Å². The van der Waals surface area contributed by atoms with Crippen molar-refractivity contribution in [2.45, 2.75) is 18.9 Å². The zero-order valence-corrected chi connectivity index (χ0v) is 10.3. The maximum absolute atomic E-state index is 11.2. The molecule has 15 heavy (non-hydrogen) atoms. The van der Waals surface area contributed by atoms with Crippen molar-refractivity contribution in [3.63, 3.8) is 0 Å². The SMILES string of the molecule is CN1CCN(NC2CCS(=O)CC2)CC1. The fourth-order valence-electron chi connectivity index (χ4n) is 2.12. The van der Waals surface area contributed by atoms with Crippen LogP contribution in [0.25, 0.3) is 0 Å². The molecule has 0 radical (unpaired) electrons. The molecule has 0 amide bonds. The van der Waals surface area contributed by atoms with E-state index < -0.39 is 10.8 Å². The summed E-state index contributed by atoms with van der Waals surface area (Å²) < 4.78 is 11.2. The molecular formula is C10H21N3OS. The van der Waals surface area contributed by atoms with Gasteiger partial charge in [0.1, 0.15) is 0 Å². The van der Waals surface area contributed by atoms with E-state index in [9.17, 15) is 4.21 Å². The van der Waals surface area contributed by atoms with E-state index in [0.29, 0.717) is 6.04 Å². The first kappa shape index (κ1) is 11.5. The molecule has 0 saturated carbocycles. The first-order valence-corrected chi connectivity index (χ1v) is 7.27. The Morgan fingerprint density at radius 2 is 1.73 bits per heavy atom. The van der Waals surface area contributed by atoms with Crippen molar-refractivity contribution < 1.29 is 4.21 Å². The van der Waals surface area contributed by atoms with Crippen LogP contribution >= 0.6 is 0 Å². The molecule has 0 aromatic carbocycles. The lowest BCUT2D eigenvalue weighted by Gasteiger charge is -2.36. The van der Waals surface area contributed by atoms with Crippen molar-refractivity contribution in [1.29, 1.82) is 0 Å². The third kappa shape index (κ3) is 3.52. The normalized spacial score (nSPS) is 35.5. The molecule has 88 valence electrons. The second-order valence-electron chi connectivity index (χ2n) is 4.54. The molecule has 0 aromatic rings. The van der Waals surface area contributed by atoms with E-state index in [0.717, 1.165) is 50.5 Å². The molecule has 0 aliphatic carbocycles. The van der Waals surface area contributed by atoms with E-state index in [1.54, 1.807) is 0 Å². The summed E-state index contributed by atoms with van der Waals surface area (Å²) in [6, 6.07) is 0.561. The van der Waals surface area contributed by atoms with Gasteiger partial charge in [-0.25, -0.2) is 5.01 Å². The van der Waals surface area contributed by atoms with Crippen LogP contribution in [0.3, 0.4) is 0 Å². The number of hydrogen-bond donors (Lipinski definition) is 1. The summed E-state index contributed by atoms with van der Waals surface area (Å²) in [5.41, 5.74) is 3.57. The number of nitrogens with zero attached hydrogens (tertiary/aromatic N) is 2. The number of likely N-dealkylation sites (N-methyl/N-ethyl adjacent to an activating group) is 1. The summed E-state index contributed by atoms with van der Waals surface area (Å²) in [4.78, 5) is 2.36. The Kier molecular flexibility index (Phi) is 4.13. The molecule has 0 atom stereocenters. The fraction of sp³-hybridized carbons (Fsp3) is 1.00. The summed E-state index contributed by atoms with van der Waals surface area (Å²) in [6.07, 6.45) is 2.14. The molecule has 2 aliphatic rings. The van der Waals surface area contributed by atoms with Crippen molar-refractivity contribution in [1.82, 2.24) is 15.3 Å². The number of piperazine rings is 1. The Morgan fingerprint density at radius 1 is 1.13 bits per heavy atom. The van der Waals surface area contributed by atoms with Gasteiger partial charge in [0, 0.05) is 54.5 Å². The molecule has 2 fully saturated rings.